The second-order valence-corrected chi connectivity index (χ2v) is 8.40. The van der Waals surface area contributed by atoms with Crippen molar-refractivity contribution in [3.05, 3.63) is 59.2 Å². The minimum atomic E-state index is -0.845. The van der Waals surface area contributed by atoms with Crippen LogP contribution in [0.5, 0.6) is 0 Å². The zero-order valence-corrected chi connectivity index (χ0v) is 16.3. The molecular weight excluding hydrogens is 346 g/mol. The van der Waals surface area contributed by atoms with E-state index < -0.39 is 5.97 Å². The summed E-state index contributed by atoms with van der Waals surface area (Å²) < 4.78 is 2.43. The number of fused-ring (bicyclic) bond motifs is 5. The van der Waals surface area contributed by atoms with Crippen LogP contribution in [0.3, 0.4) is 0 Å². The highest BCUT2D eigenvalue weighted by Crippen LogP contribution is 2.45. The first-order chi connectivity index (χ1) is 13.7. The van der Waals surface area contributed by atoms with Gasteiger partial charge in [0, 0.05) is 23.0 Å². The van der Waals surface area contributed by atoms with Gasteiger partial charge in [-0.3, -0.25) is 0 Å². The van der Waals surface area contributed by atoms with E-state index in [1.165, 1.54) is 66.3 Å². The molecule has 3 heteroatoms. The number of aromatic nitrogens is 1. The number of carboxylic acid groups (broad SMARTS) is 1. The van der Waals surface area contributed by atoms with E-state index in [-0.39, 0.29) is 0 Å². The number of benzene rings is 2. The molecule has 1 aliphatic carbocycles. The third kappa shape index (κ3) is 2.85. The van der Waals surface area contributed by atoms with E-state index in [1.807, 2.05) is 6.07 Å². The number of aromatic carboxylic acids is 1. The lowest BCUT2D eigenvalue weighted by molar-refractivity contribution is 0.0697. The van der Waals surface area contributed by atoms with Crippen molar-refractivity contribution in [2.75, 3.05) is 0 Å². The fraction of sp³-hybridized carbons (Fsp3) is 0.400. The monoisotopic (exact) mass is 373 g/mol. The van der Waals surface area contributed by atoms with Gasteiger partial charge < -0.3 is 9.67 Å². The Bertz CT molecular complexity index is 1040. The molecule has 0 radical (unpaired) electrons. The van der Waals surface area contributed by atoms with E-state index in [2.05, 4.69) is 34.9 Å². The summed E-state index contributed by atoms with van der Waals surface area (Å²) in [4.78, 5) is 11.6. The smallest absolute Gasteiger partial charge is 0.335 e. The van der Waals surface area contributed by atoms with Gasteiger partial charge >= 0.3 is 5.97 Å². The molecule has 0 saturated heterocycles. The van der Waals surface area contributed by atoms with Crippen LogP contribution >= 0.6 is 0 Å². The van der Waals surface area contributed by atoms with Crippen LogP contribution in [0.2, 0.25) is 0 Å². The molecule has 1 aromatic heterocycles. The Kier molecular flexibility index (Phi) is 4.46. The van der Waals surface area contributed by atoms with Crippen LogP contribution in [0, 0.1) is 0 Å². The summed E-state index contributed by atoms with van der Waals surface area (Å²) in [6.45, 7) is 0.968. The summed E-state index contributed by atoms with van der Waals surface area (Å²) in [5.74, 6) is -0.265. The fourth-order valence-electron chi connectivity index (χ4n) is 5.39. The zero-order chi connectivity index (χ0) is 19.1. The molecule has 144 valence electrons. The predicted octanol–water partition coefficient (Wildman–Crippen LogP) is 6.39. The molecule has 1 fully saturated rings. The first kappa shape index (κ1) is 17.5. The predicted molar refractivity (Wildman–Crippen MR) is 113 cm³/mol. The molecule has 3 nitrogen and oxygen atoms in total. The summed E-state index contributed by atoms with van der Waals surface area (Å²) in [7, 11) is 0. The van der Waals surface area contributed by atoms with Gasteiger partial charge in [0.15, 0.2) is 0 Å². The largest absolute Gasteiger partial charge is 0.478 e. The molecule has 5 rings (SSSR count). The fourth-order valence-corrected chi connectivity index (χ4v) is 5.39. The molecular formula is C25H27NO2. The maximum absolute atomic E-state index is 11.6. The topological polar surface area (TPSA) is 42.2 Å². The molecule has 2 aliphatic rings. The molecule has 1 aliphatic heterocycles. The number of carboxylic acids is 1. The van der Waals surface area contributed by atoms with Gasteiger partial charge in [-0.05, 0) is 61.3 Å². The quantitative estimate of drug-likeness (QED) is 0.565. The highest BCUT2D eigenvalue weighted by Gasteiger charge is 2.28. The highest BCUT2D eigenvalue weighted by atomic mass is 16.4. The molecule has 2 heterocycles. The first-order valence-corrected chi connectivity index (χ1v) is 10.7. The van der Waals surface area contributed by atoms with Gasteiger partial charge in [-0.15, -0.1) is 0 Å². The van der Waals surface area contributed by atoms with Crippen molar-refractivity contribution in [3.8, 4) is 11.3 Å². The first-order valence-electron chi connectivity index (χ1n) is 10.7. The van der Waals surface area contributed by atoms with Crippen LogP contribution in [0.15, 0.2) is 42.5 Å². The number of rotatable bonds is 2. The summed E-state index contributed by atoms with van der Waals surface area (Å²) in [6, 6.07) is 14.6. The number of aryl methyl sites for hydroxylation is 2. The van der Waals surface area contributed by atoms with E-state index >= 15 is 0 Å². The Morgan fingerprint density at radius 1 is 0.964 bits per heavy atom. The molecule has 28 heavy (non-hydrogen) atoms. The van der Waals surface area contributed by atoms with Gasteiger partial charge in [0.1, 0.15) is 0 Å². The number of hydrogen-bond acceptors (Lipinski definition) is 1. The Balaban J connectivity index is 1.84. The van der Waals surface area contributed by atoms with Gasteiger partial charge in [0.05, 0.1) is 11.3 Å². The lowest BCUT2D eigenvalue weighted by Gasteiger charge is -2.25. The SMILES string of the molecule is O=C(O)c1ccc2c(C3CCCCC3)c3n(c2c1)CCCCc1ccccc1-3. The molecule has 2 aromatic carbocycles. The van der Waals surface area contributed by atoms with E-state index in [0.29, 0.717) is 11.5 Å². The molecule has 0 atom stereocenters. The highest BCUT2D eigenvalue weighted by molar-refractivity contribution is 5.98. The minimum Gasteiger partial charge on any atom is -0.478 e. The van der Waals surface area contributed by atoms with Crippen molar-refractivity contribution in [1.82, 2.24) is 4.57 Å². The lowest BCUT2D eigenvalue weighted by Crippen LogP contribution is -2.10. The van der Waals surface area contributed by atoms with Gasteiger partial charge in [0.25, 0.3) is 0 Å². The van der Waals surface area contributed by atoms with Crippen molar-refractivity contribution >= 4 is 16.9 Å². The van der Waals surface area contributed by atoms with Crippen molar-refractivity contribution in [1.29, 1.82) is 0 Å². The zero-order valence-electron chi connectivity index (χ0n) is 16.3. The van der Waals surface area contributed by atoms with Gasteiger partial charge in [-0.1, -0.05) is 49.6 Å². The molecule has 0 unspecified atom stereocenters. The summed E-state index contributed by atoms with van der Waals surface area (Å²) in [6.07, 6.45) is 9.85. The van der Waals surface area contributed by atoms with Crippen molar-refractivity contribution < 1.29 is 9.90 Å². The van der Waals surface area contributed by atoms with Crippen LogP contribution in [0.1, 0.15) is 72.3 Å². The lowest BCUT2D eigenvalue weighted by atomic mass is 9.81. The molecule has 1 saturated carbocycles. The normalized spacial score (nSPS) is 17.6. The third-order valence-electron chi connectivity index (χ3n) is 6.71. The standard InChI is InChI=1S/C25H27NO2/c27-25(28)19-13-14-21-22(16-19)26-15-7-6-9-17-8-4-5-12-20(17)24(26)23(21)18-10-2-1-3-11-18/h4-5,8,12-14,16,18H,1-3,6-7,9-11,15H2,(H,27,28). The Hall–Kier alpha value is -2.55. The van der Waals surface area contributed by atoms with E-state index in [1.54, 1.807) is 6.07 Å². The Morgan fingerprint density at radius 3 is 2.61 bits per heavy atom. The van der Waals surface area contributed by atoms with E-state index in [9.17, 15) is 9.90 Å². The van der Waals surface area contributed by atoms with Crippen LogP contribution in [-0.2, 0) is 13.0 Å². The average Bonchev–Trinajstić information content (AvgIpc) is 3.03. The Labute approximate surface area is 166 Å². The average molecular weight is 373 g/mol. The third-order valence-corrected chi connectivity index (χ3v) is 6.71. The molecule has 0 spiro atoms. The van der Waals surface area contributed by atoms with Crippen molar-refractivity contribution in [2.45, 2.75) is 63.8 Å². The Morgan fingerprint density at radius 2 is 1.79 bits per heavy atom. The van der Waals surface area contributed by atoms with Crippen LogP contribution in [0.4, 0.5) is 0 Å². The van der Waals surface area contributed by atoms with Gasteiger partial charge in [0.2, 0.25) is 0 Å². The number of carbonyl (C=O) groups is 1. The summed E-state index contributed by atoms with van der Waals surface area (Å²) >= 11 is 0. The molecule has 0 amide bonds. The van der Waals surface area contributed by atoms with Gasteiger partial charge in [-0.2, -0.15) is 0 Å². The van der Waals surface area contributed by atoms with Crippen molar-refractivity contribution in [3.63, 3.8) is 0 Å². The summed E-state index contributed by atoms with van der Waals surface area (Å²) in [5.41, 5.74) is 7.11. The molecule has 1 N–H and O–H groups in total. The van der Waals surface area contributed by atoms with E-state index in [0.717, 1.165) is 24.9 Å². The molecule has 0 bridgehead atoms. The van der Waals surface area contributed by atoms with Crippen LogP contribution < -0.4 is 0 Å². The summed E-state index contributed by atoms with van der Waals surface area (Å²) in [5, 5.41) is 10.8. The van der Waals surface area contributed by atoms with Crippen molar-refractivity contribution in [2.24, 2.45) is 0 Å². The number of nitrogens with zero attached hydrogens (tertiary/aromatic N) is 1. The molecule has 3 aromatic rings. The minimum absolute atomic E-state index is 0.387. The van der Waals surface area contributed by atoms with E-state index in [4.69, 9.17) is 0 Å². The second kappa shape index (κ2) is 7.12. The van der Waals surface area contributed by atoms with Crippen LogP contribution in [0.25, 0.3) is 22.2 Å². The maximum Gasteiger partial charge on any atom is 0.335 e. The van der Waals surface area contributed by atoms with Gasteiger partial charge in [-0.25, -0.2) is 4.79 Å². The maximum atomic E-state index is 11.6. The second-order valence-electron chi connectivity index (χ2n) is 8.40. The van der Waals surface area contributed by atoms with Crippen LogP contribution in [-0.4, -0.2) is 15.6 Å². The number of hydrogen-bond donors (Lipinski definition) is 1.